The van der Waals surface area contributed by atoms with Crippen molar-refractivity contribution < 1.29 is 4.74 Å². The SMILES string of the molecule is COc1ccccc1/C(C)=C/Cc1cccc2ccccc12. The highest BCUT2D eigenvalue weighted by Gasteiger charge is 2.04. The molecule has 0 atom stereocenters. The second-order valence-electron chi connectivity index (χ2n) is 5.43. The van der Waals surface area contributed by atoms with Crippen LogP contribution in [-0.4, -0.2) is 7.11 Å². The first-order chi connectivity index (χ1) is 10.8. The van der Waals surface area contributed by atoms with Crippen molar-refractivity contribution in [1.82, 2.24) is 0 Å². The van der Waals surface area contributed by atoms with Gasteiger partial charge in [-0.1, -0.05) is 66.7 Å². The Labute approximate surface area is 131 Å². The Balaban J connectivity index is 1.92. The zero-order chi connectivity index (χ0) is 15.4. The van der Waals surface area contributed by atoms with Gasteiger partial charge in [0.2, 0.25) is 0 Å². The molecule has 0 spiro atoms. The lowest BCUT2D eigenvalue weighted by Crippen LogP contribution is -1.90. The average Bonchev–Trinajstić information content (AvgIpc) is 2.59. The first-order valence-corrected chi connectivity index (χ1v) is 7.56. The van der Waals surface area contributed by atoms with E-state index in [1.165, 1.54) is 21.9 Å². The van der Waals surface area contributed by atoms with E-state index in [2.05, 4.69) is 61.5 Å². The zero-order valence-corrected chi connectivity index (χ0v) is 13.0. The predicted octanol–water partition coefficient (Wildman–Crippen LogP) is 5.49. The van der Waals surface area contributed by atoms with Crippen LogP contribution >= 0.6 is 0 Å². The van der Waals surface area contributed by atoms with Crippen molar-refractivity contribution in [2.24, 2.45) is 0 Å². The molecule has 0 amide bonds. The topological polar surface area (TPSA) is 9.23 Å². The summed E-state index contributed by atoms with van der Waals surface area (Å²) in [6, 6.07) is 23.2. The maximum Gasteiger partial charge on any atom is 0.126 e. The molecular formula is C21H20O. The second kappa shape index (κ2) is 6.48. The number of benzene rings is 3. The molecule has 3 rings (SSSR count). The quantitative estimate of drug-likeness (QED) is 0.616. The minimum atomic E-state index is 0.922. The van der Waals surface area contributed by atoms with Gasteiger partial charge in [0, 0.05) is 5.56 Å². The Bertz CT molecular complexity index is 810. The Morgan fingerprint density at radius 3 is 2.50 bits per heavy atom. The van der Waals surface area contributed by atoms with Gasteiger partial charge in [-0.2, -0.15) is 0 Å². The molecule has 0 aliphatic heterocycles. The number of allylic oxidation sites excluding steroid dienone is 2. The summed E-state index contributed by atoms with van der Waals surface area (Å²) in [7, 11) is 1.72. The first-order valence-electron chi connectivity index (χ1n) is 7.56. The van der Waals surface area contributed by atoms with E-state index >= 15 is 0 Å². The fraction of sp³-hybridized carbons (Fsp3) is 0.143. The lowest BCUT2D eigenvalue weighted by Gasteiger charge is -2.09. The molecular weight excluding hydrogens is 268 g/mol. The van der Waals surface area contributed by atoms with Gasteiger partial charge in [-0.3, -0.25) is 0 Å². The van der Waals surface area contributed by atoms with E-state index in [9.17, 15) is 0 Å². The molecule has 1 nitrogen and oxygen atoms in total. The third-order valence-corrected chi connectivity index (χ3v) is 4.04. The Hall–Kier alpha value is -2.54. The van der Waals surface area contributed by atoms with E-state index in [-0.39, 0.29) is 0 Å². The van der Waals surface area contributed by atoms with Crippen LogP contribution in [-0.2, 0) is 6.42 Å². The molecule has 110 valence electrons. The maximum absolute atomic E-state index is 5.45. The number of hydrogen-bond donors (Lipinski definition) is 0. The average molecular weight is 288 g/mol. The summed E-state index contributed by atoms with van der Waals surface area (Å²) >= 11 is 0. The molecule has 0 fully saturated rings. The van der Waals surface area contributed by atoms with Gasteiger partial charge in [0.25, 0.3) is 0 Å². The van der Waals surface area contributed by atoms with Crippen molar-refractivity contribution in [3.8, 4) is 5.75 Å². The lowest BCUT2D eigenvalue weighted by molar-refractivity contribution is 0.413. The standard InChI is InChI=1S/C21H20O/c1-16(19-11-5-6-13-21(19)22-2)14-15-18-10-7-9-17-8-3-4-12-20(17)18/h3-14H,15H2,1-2H3/b16-14+. The molecule has 22 heavy (non-hydrogen) atoms. The van der Waals surface area contributed by atoms with Gasteiger partial charge in [0.05, 0.1) is 7.11 Å². The number of ether oxygens (including phenoxy) is 1. The third-order valence-electron chi connectivity index (χ3n) is 4.04. The molecule has 1 heteroatoms. The smallest absolute Gasteiger partial charge is 0.126 e. The largest absolute Gasteiger partial charge is 0.496 e. The van der Waals surface area contributed by atoms with Crippen molar-refractivity contribution in [2.75, 3.05) is 7.11 Å². The summed E-state index contributed by atoms with van der Waals surface area (Å²) in [4.78, 5) is 0. The molecule has 0 saturated heterocycles. The molecule has 0 saturated carbocycles. The maximum atomic E-state index is 5.45. The van der Waals surface area contributed by atoms with Crippen molar-refractivity contribution >= 4 is 16.3 Å². The van der Waals surface area contributed by atoms with Crippen LogP contribution < -0.4 is 4.74 Å². The number of fused-ring (bicyclic) bond motifs is 1. The Morgan fingerprint density at radius 2 is 1.64 bits per heavy atom. The molecule has 0 unspecified atom stereocenters. The zero-order valence-electron chi connectivity index (χ0n) is 13.0. The van der Waals surface area contributed by atoms with Crippen LogP contribution in [0.3, 0.4) is 0 Å². The first kappa shape index (κ1) is 14.4. The normalized spacial score (nSPS) is 11.6. The molecule has 0 aromatic heterocycles. The van der Waals surface area contributed by atoms with Gasteiger partial charge in [-0.25, -0.2) is 0 Å². The second-order valence-corrected chi connectivity index (χ2v) is 5.43. The number of para-hydroxylation sites is 1. The van der Waals surface area contributed by atoms with Crippen molar-refractivity contribution in [3.05, 3.63) is 83.9 Å². The van der Waals surface area contributed by atoms with Crippen LogP contribution in [0.4, 0.5) is 0 Å². The Kier molecular flexibility index (Phi) is 4.24. The van der Waals surface area contributed by atoms with E-state index in [1.807, 2.05) is 18.2 Å². The van der Waals surface area contributed by atoms with E-state index in [0.29, 0.717) is 0 Å². The molecule has 0 heterocycles. The van der Waals surface area contributed by atoms with Crippen LogP contribution in [0, 0.1) is 0 Å². The molecule has 0 aliphatic rings. The van der Waals surface area contributed by atoms with Crippen LogP contribution in [0.2, 0.25) is 0 Å². The summed E-state index contributed by atoms with van der Waals surface area (Å²) in [5.41, 5.74) is 3.75. The highest BCUT2D eigenvalue weighted by atomic mass is 16.5. The highest BCUT2D eigenvalue weighted by molar-refractivity contribution is 5.86. The van der Waals surface area contributed by atoms with E-state index in [4.69, 9.17) is 4.74 Å². The van der Waals surface area contributed by atoms with Gasteiger partial charge in [-0.05, 0) is 41.3 Å². The lowest BCUT2D eigenvalue weighted by atomic mass is 9.99. The molecule has 3 aromatic carbocycles. The highest BCUT2D eigenvalue weighted by Crippen LogP contribution is 2.26. The summed E-state index contributed by atoms with van der Waals surface area (Å²) in [6.45, 7) is 2.14. The van der Waals surface area contributed by atoms with Crippen molar-refractivity contribution in [1.29, 1.82) is 0 Å². The van der Waals surface area contributed by atoms with E-state index < -0.39 is 0 Å². The predicted molar refractivity (Wildman–Crippen MR) is 94.3 cm³/mol. The number of rotatable bonds is 4. The molecule has 3 aromatic rings. The van der Waals surface area contributed by atoms with Gasteiger partial charge in [0.1, 0.15) is 5.75 Å². The van der Waals surface area contributed by atoms with Gasteiger partial charge in [0.15, 0.2) is 0 Å². The summed E-state index contributed by atoms with van der Waals surface area (Å²) in [5, 5.41) is 2.62. The van der Waals surface area contributed by atoms with Crippen LogP contribution in [0.15, 0.2) is 72.8 Å². The van der Waals surface area contributed by atoms with Crippen LogP contribution in [0.1, 0.15) is 18.1 Å². The van der Waals surface area contributed by atoms with Gasteiger partial charge < -0.3 is 4.74 Å². The van der Waals surface area contributed by atoms with Crippen LogP contribution in [0.25, 0.3) is 16.3 Å². The molecule has 0 aliphatic carbocycles. The summed E-state index contributed by atoms with van der Waals surface area (Å²) in [5.74, 6) is 0.925. The number of methoxy groups -OCH3 is 1. The monoisotopic (exact) mass is 288 g/mol. The minimum absolute atomic E-state index is 0.922. The van der Waals surface area contributed by atoms with Crippen molar-refractivity contribution in [2.45, 2.75) is 13.3 Å². The van der Waals surface area contributed by atoms with Crippen molar-refractivity contribution in [3.63, 3.8) is 0 Å². The van der Waals surface area contributed by atoms with Gasteiger partial charge >= 0.3 is 0 Å². The fourth-order valence-corrected chi connectivity index (χ4v) is 2.81. The van der Waals surface area contributed by atoms with E-state index in [1.54, 1.807) is 7.11 Å². The molecule has 0 N–H and O–H groups in total. The van der Waals surface area contributed by atoms with Crippen LogP contribution in [0.5, 0.6) is 5.75 Å². The third kappa shape index (κ3) is 2.89. The summed E-state index contributed by atoms with van der Waals surface area (Å²) < 4.78 is 5.45. The summed E-state index contributed by atoms with van der Waals surface area (Å²) in [6.07, 6.45) is 3.20. The fourth-order valence-electron chi connectivity index (χ4n) is 2.81. The minimum Gasteiger partial charge on any atom is -0.496 e. The molecule has 0 radical (unpaired) electrons. The van der Waals surface area contributed by atoms with E-state index in [0.717, 1.165) is 17.7 Å². The van der Waals surface area contributed by atoms with Gasteiger partial charge in [-0.15, -0.1) is 0 Å². The number of hydrogen-bond acceptors (Lipinski definition) is 1. The molecule has 0 bridgehead atoms. The Morgan fingerprint density at radius 1 is 0.909 bits per heavy atom.